The van der Waals surface area contributed by atoms with Crippen LogP contribution in [0.2, 0.25) is 0 Å². The third kappa shape index (κ3) is 3.30. The lowest BCUT2D eigenvalue weighted by atomic mass is 9.73. The Morgan fingerprint density at radius 1 is 1.19 bits per heavy atom. The van der Waals surface area contributed by atoms with Crippen molar-refractivity contribution in [2.24, 2.45) is 5.41 Å². The van der Waals surface area contributed by atoms with Gasteiger partial charge >= 0.3 is 6.09 Å². The van der Waals surface area contributed by atoms with E-state index in [0.29, 0.717) is 32.4 Å². The summed E-state index contributed by atoms with van der Waals surface area (Å²) < 4.78 is 33.2. The van der Waals surface area contributed by atoms with Gasteiger partial charge in [-0.2, -0.15) is 0 Å². The number of piperidine rings is 1. The summed E-state index contributed by atoms with van der Waals surface area (Å²) in [6, 6.07) is -0.786. The molecule has 1 saturated carbocycles. The van der Waals surface area contributed by atoms with Gasteiger partial charge in [0.1, 0.15) is 5.60 Å². The molecule has 1 aliphatic heterocycles. The number of rotatable bonds is 1. The summed E-state index contributed by atoms with van der Waals surface area (Å²) in [4.78, 5) is 13.7. The van der Waals surface area contributed by atoms with Crippen LogP contribution in [0.15, 0.2) is 0 Å². The van der Waals surface area contributed by atoms with Gasteiger partial charge < -0.3 is 15.0 Å². The van der Waals surface area contributed by atoms with Gasteiger partial charge in [0.25, 0.3) is 5.92 Å². The van der Waals surface area contributed by atoms with Crippen LogP contribution in [0.4, 0.5) is 13.6 Å². The monoisotopic (exact) mass is 304 g/mol. The van der Waals surface area contributed by atoms with Crippen molar-refractivity contribution in [2.75, 3.05) is 20.1 Å². The van der Waals surface area contributed by atoms with E-state index in [2.05, 4.69) is 5.32 Å². The molecule has 2 rings (SSSR count). The van der Waals surface area contributed by atoms with Crippen molar-refractivity contribution < 1.29 is 18.3 Å². The zero-order valence-corrected chi connectivity index (χ0v) is 13.3. The first-order chi connectivity index (χ1) is 9.60. The highest BCUT2D eigenvalue weighted by Crippen LogP contribution is 2.52. The van der Waals surface area contributed by atoms with E-state index in [1.54, 1.807) is 11.9 Å². The molecule has 2 fully saturated rings. The topological polar surface area (TPSA) is 41.6 Å². The number of halogens is 2. The number of amides is 1. The van der Waals surface area contributed by atoms with Gasteiger partial charge in [-0.3, -0.25) is 0 Å². The predicted octanol–water partition coefficient (Wildman–Crippen LogP) is 3.02. The van der Waals surface area contributed by atoms with Crippen molar-refractivity contribution in [1.29, 1.82) is 0 Å². The normalized spacial score (nSPS) is 27.9. The second-order valence-corrected chi connectivity index (χ2v) is 7.31. The SMILES string of the molecule is CN[C@@H]1C(F)(F)CCC12CCN(C(=O)OC(C)(C)C)CC2. The molecule has 1 amide bonds. The Morgan fingerprint density at radius 3 is 2.24 bits per heavy atom. The molecule has 1 saturated heterocycles. The van der Waals surface area contributed by atoms with Crippen molar-refractivity contribution in [2.45, 2.75) is 64.0 Å². The zero-order chi connectivity index (χ0) is 15.9. The maximum absolute atomic E-state index is 13.9. The molecule has 0 aromatic carbocycles. The first kappa shape index (κ1) is 16.5. The average molecular weight is 304 g/mol. The molecule has 0 aromatic rings. The molecule has 2 aliphatic rings. The molecule has 1 N–H and O–H groups in total. The highest BCUT2D eigenvalue weighted by molar-refractivity contribution is 5.68. The number of hydrogen-bond donors (Lipinski definition) is 1. The Hall–Kier alpha value is -0.910. The van der Waals surface area contributed by atoms with Gasteiger partial charge in [0, 0.05) is 19.5 Å². The van der Waals surface area contributed by atoms with Gasteiger partial charge in [-0.1, -0.05) is 0 Å². The molecule has 0 aromatic heterocycles. The minimum atomic E-state index is -2.65. The maximum atomic E-state index is 13.9. The van der Waals surface area contributed by atoms with Gasteiger partial charge in [0.2, 0.25) is 0 Å². The third-order valence-corrected chi connectivity index (χ3v) is 4.69. The summed E-state index contributed by atoms with van der Waals surface area (Å²) in [6.07, 6.45) is 1.32. The fraction of sp³-hybridized carbons (Fsp3) is 0.933. The predicted molar refractivity (Wildman–Crippen MR) is 76.5 cm³/mol. The van der Waals surface area contributed by atoms with E-state index in [1.807, 2.05) is 20.8 Å². The van der Waals surface area contributed by atoms with Crippen molar-refractivity contribution in [3.8, 4) is 0 Å². The average Bonchev–Trinajstić information content (AvgIpc) is 2.59. The van der Waals surface area contributed by atoms with Gasteiger partial charge in [-0.15, -0.1) is 0 Å². The number of hydrogen-bond acceptors (Lipinski definition) is 3. The number of nitrogens with one attached hydrogen (secondary N) is 1. The fourth-order valence-corrected chi connectivity index (χ4v) is 3.67. The highest BCUT2D eigenvalue weighted by atomic mass is 19.3. The molecule has 1 spiro atoms. The third-order valence-electron chi connectivity index (χ3n) is 4.69. The molecule has 0 bridgehead atoms. The van der Waals surface area contributed by atoms with E-state index in [0.717, 1.165) is 0 Å². The molecule has 1 atom stereocenters. The lowest BCUT2D eigenvalue weighted by Crippen LogP contribution is -2.54. The van der Waals surface area contributed by atoms with Crippen molar-refractivity contribution in [3.05, 3.63) is 0 Å². The first-order valence-electron chi connectivity index (χ1n) is 7.63. The summed E-state index contributed by atoms with van der Waals surface area (Å²) >= 11 is 0. The Morgan fingerprint density at radius 2 is 1.76 bits per heavy atom. The fourth-order valence-electron chi connectivity index (χ4n) is 3.67. The van der Waals surface area contributed by atoms with E-state index in [9.17, 15) is 13.6 Å². The lowest BCUT2D eigenvalue weighted by Gasteiger charge is -2.43. The smallest absolute Gasteiger partial charge is 0.410 e. The molecule has 6 heteroatoms. The highest BCUT2D eigenvalue weighted by Gasteiger charge is 2.58. The molecular formula is C15H26F2N2O2. The van der Waals surface area contributed by atoms with E-state index in [1.165, 1.54) is 0 Å². The molecule has 21 heavy (non-hydrogen) atoms. The van der Waals surface area contributed by atoms with Crippen LogP contribution >= 0.6 is 0 Å². The van der Waals surface area contributed by atoms with Crippen LogP contribution in [-0.4, -0.2) is 48.7 Å². The Bertz CT molecular complexity index is 399. The molecular weight excluding hydrogens is 278 g/mol. The van der Waals surface area contributed by atoms with Crippen LogP contribution in [0, 0.1) is 5.41 Å². The van der Waals surface area contributed by atoms with Gasteiger partial charge in [-0.25, -0.2) is 13.6 Å². The van der Waals surface area contributed by atoms with E-state index in [-0.39, 0.29) is 12.5 Å². The van der Waals surface area contributed by atoms with Crippen molar-refractivity contribution in [1.82, 2.24) is 10.2 Å². The summed E-state index contributed by atoms with van der Waals surface area (Å²) in [5.41, 5.74) is -0.920. The van der Waals surface area contributed by atoms with Crippen LogP contribution < -0.4 is 5.32 Å². The quantitative estimate of drug-likeness (QED) is 0.809. The van der Waals surface area contributed by atoms with Gasteiger partial charge in [0.05, 0.1) is 6.04 Å². The standard InChI is InChI=1S/C15H26F2N2O2/c1-13(2,3)21-12(20)19-9-7-14(8-10-19)5-6-15(16,17)11(14)18-4/h11,18H,5-10H2,1-4H3/t11-/m0/s1. The number of nitrogens with zero attached hydrogens (tertiary/aromatic N) is 1. The number of ether oxygens (including phenoxy) is 1. The maximum Gasteiger partial charge on any atom is 0.410 e. The van der Waals surface area contributed by atoms with Crippen LogP contribution in [-0.2, 0) is 4.74 Å². The zero-order valence-electron chi connectivity index (χ0n) is 13.3. The van der Waals surface area contributed by atoms with E-state index < -0.39 is 23.0 Å². The summed E-state index contributed by atoms with van der Waals surface area (Å²) in [6.45, 7) is 6.45. The largest absolute Gasteiger partial charge is 0.444 e. The Labute approximate surface area is 125 Å². The molecule has 1 heterocycles. The summed E-state index contributed by atoms with van der Waals surface area (Å²) in [7, 11) is 1.60. The number of likely N-dealkylation sites (tertiary alicyclic amines) is 1. The summed E-state index contributed by atoms with van der Waals surface area (Å²) in [5, 5.41) is 2.81. The number of carbonyl (C=O) groups excluding carboxylic acids is 1. The minimum Gasteiger partial charge on any atom is -0.444 e. The number of carbonyl (C=O) groups is 1. The lowest BCUT2D eigenvalue weighted by molar-refractivity contribution is -0.0484. The number of alkyl halides is 2. The second kappa shape index (κ2) is 5.38. The van der Waals surface area contributed by atoms with Gasteiger partial charge in [0.15, 0.2) is 0 Å². The Balaban J connectivity index is 1.99. The van der Waals surface area contributed by atoms with E-state index >= 15 is 0 Å². The van der Waals surface area contributed by atoms with Crippen molar-refractivity contribution in [3.63, 3.8) is 0 Å². The molecule has 4 nitrogen and oxygen atoms in total. The first-order valence-corrected chi connectivity index (χ1v) is 7.63. The van der Waals surface area contributed by atoms with Crippen molar-refractivity contribution >= 4 is 6.09 Å². The Kier molecular flexibility index (Phi) is 4.21. The van der Waals surface area contributed by atoms with Crippen LogP contribution in [0.1, 0.15) is 46.5 Å². The van der Waals surface area contributed by atoms with Crippen LogP contribution in [0.25, 0.3) is 0 Å². The van der Waals surface area contributed by atoms with Crippen LogP contribution in [0.5, 0.6) is 0 Å². The molecule has 0 unspecified atom stereocenters. The summed E-state index contributed by atoms with van der Waals surface area (Å²) in [5.74, 6) is -2.65. The van der Waals surface area contributed by atoms with E-state index in [4.69, 9.17) is 4.74 Å². The van der Waals surface area contributed by atoms with Gasteiger partial charge in [-0.05, 0) is 52.5 Å². The van der Waals surface area contributed by atoms with Crippen LogP contribution in [0.3, 0.4) is 0 Å². The molecule has 0 radical (unpaired) electrons. The second-order valence-electron chi connectivity index (χ2n) is 7.31. The molecule has 122 valence electrons. The minimum absolute atomic E-state index is 0.0645. The molecule has 1 aliphatic carbocycles.